The highest BCUT2D eigenvalue weighted by atomic mass is 16.6. The highest BCUT2D eigenvalue weighted by Crippen LogP contribution is 2.18. The molecule has 7 nitrogen and oxygen atoms in total. The molecule has 0 heterocycles. The van der Waals surface area contributed by atoms with Crippen LogP contribution in [0.4, 0.5) is 4.79 Å². The number of hydrogen-bond donors (Lipinski definition) is 2. The molecule has 2 amide bonds. The van der Waals surface area contributed by atoms with E-state index in [2.05, 4.69) is 17.6 Å². The van der Waals surface area contributed by atoms with Crippen LogP contribution in [-0.2, 0) is 25.7 Å². The van der Waals surface area contributed by atoms with E-state index in [-0.39, 0.29) is 24.9 Å². The molecule has 0 saturated heterocycles. The fourth-order valence-electron chi connectivity index (χ4n) is 4.36. The minimum atomic E-state index is -0.585. The summed E-state index contributed by atoms with van der Waals surface area (Å²) in [6.45, 7) is 9.03. The highest BCUT2D eigenvalue weighted by molar-refractivity contribution is 5.83. The number of alkyl carbamates (subject to hydrolysis) is 1. The van der Waals surface area contributed by atoms with Gasteiger partial charge in [0.15, 0.2) is 0 Å². The Balaban J connectivity index is 2.30. The average molecular weight is 547 g/mol. The molecule has 0 bridgehead atoms. The normalized spacial score (nSPS) is 12.0. The minimum absolute atomic E-state index is 0.0632. The molecule has 0 aromatic heterocycles. The summed E-state index contributed by atoms with van der Waals surface area (Å²) in [4.78, 5) is 37.2. The predicted molar refractivity (Wildman–Crippen MR) is 157 cm³/mol. The van der Waals surface area contributed by atoms with E-state index in [9.17, 15) is 14.4 Å². The lowest BCUT2D eigenvalue weighted by Crippen LogP contribution is -2.34. The third-order valence-corrected chi connectivity index (χ3v) is 6.49. The van der Waals surface area contributed by atoms with Crippen molar-refractivity contribution in [2.24, 2.45) is 5.92 Å². The quantitative estimate of drug-likeness (QED) is 0.123. The maximum absolute atomic E-state index is 12.9. The summed E-state index contributed by atoms with van der Waals surface area (Å²) in [6.07, 6.45) is 14.0. The van der Waals surface area contributed by atoms with Crippen LogP contribution in [0.1, 0.15) is 123 Å². The maximum atomic E-state index is 12.9. The molecule has 0 aliphatic rings. The fourth-order valence-corrected chi connectivity index (χ4v) is 4.36. The first kappa shape index (κ1) is 34.5. The number of carbonyl (C=O) groups is 3. The number of carbonyl (C=O) groups excluding carboxylic acids is 3. The van der Waals surface area contributed by atoms with Crippen molar-refractivity contribution in [3.8, 4) is 0 Å². The van der Waals surface area contributed by atoms with Crippen LogP contribution in [0.5, 0.6) is 0 Å². The van der Waals surface area contributed by atoms with Crippen LogP contribution in [0.15, 0.2) is 30.3 Å². The summed E-state index contributed by atoms with van der Waals surface area (Å²) in [7, 11) is 0. The van der Waals surface area contributed by atoms with Gasteiger partial charge in [-0.3, -0.25) is 9.59 Å². The van der Waals surface area contributed by atoms with Crippen LogP contribution in [0, 0.1) is 5.92 Å². The van der Waals surface area contributed by atoms with Gasteiger partial charge in [0.25, 0.3) is 0 Å². The molecule has 0 aliphatic carbocycles. The molecule has 39 heavy (non-hydrogen) atoms. The molecule has 0 spiro atoms. The first-order valence-corrected chi connectivity index (χ1v) is 15.2. The van der Waals surface area contributed by atoms with Crippen LogP contribution >= 0.6 is 0 Å². The summed E-state index contributed by atoms with van der Waals surface area (Å²) in [5, 5.41) is 5.78. The van der Waals surface area contributed by atoms with Gasteiger partial charge in [-0.1, -0.05) is 101 Å². The van der Waals surface area contributed by atoms with E-state index in [0.29, 0.717) is 32.4 Å². The molecular weight excluding hydrogens is 492 g/mol. The standard InChI is InChI=1S/C32H54N2O5/c1-5-6-7-8-9-10-11-12-13-18-23-33-30(36)28(25-29(35)39-32(2,3)4)22-17-19-24-34-31(37)38-26-27-20-15-14-16-21-27/h14-16,20-21,28H,5-13,17-19,22-26H2,1-4H3,(H,33,36)(H,34,37)/t28-/m0/s1. The number of hydrogen-bond acceptors (Lipinski definition) is 5. The number of rotatable bonds is 21. The van der Waals surface area contributed by atoms with Crippen LogP contribution in [-0.4, -0.2) is 36.7 Å². The monoisotopic (exact) mass is 546 g/mol. The first-order chi connectivity index (χ1) is 18.7. The zero-order chi connectivity index (χ0) is 28.8. The molecule has 2 N–H and O–H groups in total. The van der Waals surface area contributed by atoms with Gasteiger partial charge in [0.05, 0.1) is 6.42 Å². The molecule has 0 fully saturated rings. The lowest BCUT2D eigenvalue weighted by atomic mass is 9.97. The van der Waals surface area contributed by atoms with Crippen molar-refractivity contribution >= 4 is 18.0 Å². The molecule has 1 rings (SSSR count). The Bertz CT molecular complexity index is 791. The average Bonchev–Trinajstić information content (AvgIpc) is 2.89. The maximum Gasteiger partial charge on any atom is 0.407 e. The van der Waals surface area contributed by atoms with E-state index in [1.165, 1.54) is 51.4 Å². The van der Waals surface area contributed by atoms with Gasteiger partial charge in [-0.05, 0) is 45.6 Å². The zero-order valence-electron chi connectivity index (χ0n) is 25.0. The summed E-state index contributed by atoms with van der Waals surface area (Å²) in [6, 6.07) is 9.52. The van der Waals surface area contributed by atoms with Crippen molar-refractivity contribution in [3.05, 3.63) is 35.9 Å². The SMILES string of the molecule is CCCCCCCCCCCCNC(=O)[C@@H](CCCCNC(=O)OCc1ccccc1)CC(=O)OC(C)(C)C. The van der Waals surface area contributed by atoms with Crippen LogP contribution in [0.25, 0.3) is 0 Å². The van der Waals surface area contributed by atoms with E-state index in [1.807, 2.05) is 51.1 Å². The fraction of sp³-hybridized carbons (Fsp3) is 0.719. The topological polar surface area (TPSA) is 93.7 Å². The Morgan fingerprint density at radius 3 is 1.95 bits per heavy atom. The summed E-state index contributed by atoms with van der Waals surface area (Å²) in [5.41, 5.74) is 0.347. The van der Waals surface area contributed by atoms with E-state index in [1.54, 1.807) is 0 Å². The molecule has 1 atom stereocenters. The number of nitrogens with one attached hydrogen (secondary N) is 2. The Morgan fingerprint density at radius 1 is 0.769 bits per heavy atom. The van der Waals surface area contributed by atoms with Crippen LogP contribution < -0.4 is 10.6 Å². The molecular formula is C32H54N2O5. The zero-order valence-corrected chi connectivity index (χ0v) is 25.0. The van der Waals surface area contributed by atoms with Gasteiger partial charge >= 0.3 is 12.1 Å². The molecule has 0 aliphatic heterocycles. The third-order valence-electron chi connectivity index (χ3n) is 6.49. The summed E-state index contributed by atoms with van der Waals surface area (Å²) in [5.74, 6) is -0.885. The summed E-state index contributed by atoms with van der Waals surface area (Å²) >= 11 is 0. The minimum Gasteiger partial charge on any atom is -0.460 e. The molecule has 7 heteroatoms. The molecule has 0 saturated carbocycles. The number of amides is 2. The lowest BCUT2D eigenvalue weighted by Gasteiger charge is -2.22. The van der Waals surface area contributed by atoms with Crippen molar-refractivity contribution in [1.82, 2.24) is 10.6 Å². The van der Waals surface area contributed by atoms with Gasteiger partial charge in [-0.15, -0.1) is 0 Å². The largest absolute Gasteiger partial charge is 0.460 e. The van der Waals surface area contributed by atoms with Crippen LogP contribution in [0.3, 0.4) is 0 Å². The van der Waals surface area contributed by atoms with Gasteiger partial charge in [0, 0.05) is 19.0 Å². The van der Waals surface area contributed by atoms with Gasteiger partial charge in [-0.2, -0.15) is 0 Å². The lowest BCUT2D eigenvalue weighted by molar-refractivity contribution is -0.157. The highest BCUT2D eigenvalue weighted by Gasteiger charge is 2.25. The van der Waals surface area contributed by atoms with Crippen molar-refractivity contribution < 1.29 is 23.9 Å². The Morgan fingerprint density at radius 2 is 1.33 bits per heavy atom. The van der Waals surface area contributed by atoms with Gasteiger partial charge in [-0.25, -0.2) is 4.79 Å². The Kier molecular flexibility index (Phi) is 18.8. The molecule has 1 aromatic carbocycles. The number of unbranched alkanes of at least 4 members (excludes halogenated alkanes) is 10. The first-order valence-electron chi connectivity index (χ1n) is 15.2. The van der Waals surface area contributed by atoms with Gasteiger partial charge in [0.2, 0.25) is 5.91 Å². The van der Waals surface area contributed by atoms with Gasteiger partial charge < -0.3 is 20.1 Å². The smallest absolute Gasteiger partial charge is 0.407 e. The second kappa shape index (κ2) is 21.3. The number of esters is 1. The van der Waals surface area contributed by atoms with Crippen molar-refractivity contribution in [1.29, 1.82) is 0 Å². The van der Waals surface area contributed by atoms with Crippen LogP contribution in [0.2, 0.25) is 0 Å². The van der Waals surface area contributed by atoms with E-state index in [4.69, 9.17) is 9.47 Å². The van der Waals surface area contributed by atoms with Crippen molar-refractivity contribution in [3.63, 3.8) is 0 Å². The molecule has 0 radical (unpaired) electrons. The van der Waals surface area contributed by atoms with Crippen molar-refractivity contribution in [2.75, 3.05) is 13.1 Å². The van der Waals surface area contributed by atoms with E-state index >= 15 is 0 Å². The second-order valence-electron chi connectivity index (χ2n) is 11.4. The predicted octanol–water partition coefficient (Wildman–Crippen LogP) is 7.47. The summed E-state index contributed by atoms with van der Waals surface area (Å²) < 4.78 is 10.7. The number of ether oxygens (including phenoxy) is 2. The Hall–Kier alpha value is -2.57. The third kappa shape index (κ3) is 20.1. The molecule has 0 unspecified atom stereocenters. The second-order valence-corrected chi connectivity index (χ2v) is 11.4. The van der Waals surface area contributed by atoms with Gasteiger partial charge in [0.1, 0.15) is 12.2 Å². The number of benzene rings is 1. The Labute approximate surface area is 237 Å². The molecule has 1 aromatic rings. The molecule has 222 valence electrons. The van der Waals surface area contributed by atoms with Crippen molar-refractivity contribution in [2.45, 2.75) is 130 Å². The van der Waals surface area contributed by atoms with E-state index in [0.717, 1.165) is 18.4 Å². The van der Waals surface area contributed by atoms with E-state index < -0.39 is 17.6 Å².